The summed E-state index contributed by atoms with van der Waals surface area (Å²) in [6, 6.07) is 14.2. The van der Waals surface area contributed by atoms with Gasteiger partial charge >= 0.3 is 0 Å². The molecule has 1 fully saturated rings. The first-order valence-corrected chi connectivity index (χ1v) is 11.4. The van der Waals surface area contributed by atoms with Gasteiger partial charge in [-0.15, -0.1) is 0 Å². The predicted molar refractivity (Wildman–Crippen MR) is 112 cm³/mol. The van der Waals surface area contributed by atoms with Crippen LogP contribution in [0.1, 0.15) is 12.8 Å². The number of halogens is 1. The standard InChI is InChI=1S/C20H17ClN4O3S/c21-14-7-8-16-15(11-14)18-22-19(26)17(13-5-2-1-3-6-13)24-25(18)20(23-16)9-4-10-29(27,28)12-20/h1-3,5-8,11,23H,4,9-10,12H2/t20-/m1/s1. The lowest BCUT2D eigenvalue weighted by Gasteiger charge is -2.43. The number of nitrogens with one attached hydrogen (secondary N) is 1. The van der Waals surface area contributed by atoms with Crippen LogP contribution in [0.3, 0.4) is 0 Å². The quantitative estimate of drug-likeness (QED) is 0.640. The second-order valence-electron chi connectivity index (χ2n) is 7.41. The number of anilines is 1. The van der Waals surface area contributed by atoms with E-state index in [1.54, 1.807) is 35.0 Å². The van der Waals surface area contributed by atoms with E-state index in [1.807, 2.05) is 18.2 Å². The zero-order valence-corrected chi connectivity index (χ0v) is 16.9. The normalized spacial score (nSPS) is 21.8. The van der Waals surface area contributed by atoms with E-state index >= 15 is 0 Å². The third kappa shape index (κ3) is 3.03. The number of hydrogen-bond acceptors (Lipinski definition) is 6. The van der Waals surface area contributed by atoms with Gasteiger partial charge in [0.05, 0.1) is 11.5 Å². The number of rotatable bonds is 1. The lowest BCUT2D eigenvalue weighted by molar-refractivity contribution is 0.290. The molecule has 1 N–H and O–H groups in total. The third-order valence-corrected chi connectivity index (χ3v) is 7.42. The Labute approximate surface area is 172 Å². The molecular weight excluding hydrogens is 412 g/mol. The Morgan fingerprint density at radius 2 is 1.93 bits per heavy atom. The molecule has 29 heavy (non-hydrogen) atoms. The van der Waals surface area contributed by atoms with Crippen LogP contribution < -0.4 is 10.9 Å². The highest BCUT2D eigenvalue weighted by atomic mass is 35.5. The van der Waals surface area contributed by atoms with Crippen LogP contribution >= 0.6 is 11.6 Å². The van der Waals surface area contributed by atoms with Crippen molar-refractivity contribution < 1.29 is 8.42 Å². The lowest BCUT2D eigenvalue weighted by atomic mass is 9.99. The van der Waals surface area contributed by atoms with Gasteiger partial charge in [0.25, 0.3) is 5.56 Å². The highest BCUT2D eigenvalue weighted by Gasteiger charge is 2.46. The highest BCUT2D eigenvalue weighted by molar-refractivity contribution is 7.91. The minimum Gasteiger partial charge on any atom is -0.360 e. The summed E-state index contributed by atoms with van der Waals surface area (Å²) in [6.07, 6.45) is 1.04. The smallest absolute Gasteiger partial charge is 0.300 e. The van der Waals surface area contributed by atoms with Crippen molar-refractivity contribution in [3.8, 4) is 22.6 Å². The van der Waals surface area contributed by atoms with E-state index < -0.39 is 21.1 Å². The molecule has 0 aliphatic carbocycles. The summed E-state index contributed by atoms with van der Waals surface area (Å²) in [6.45, 7) is 0. The molecule has 148 valence electrons. The van der Waals surface area contributed by atoms with Crippen molar-refractivity contribution in [2.24, 2.45) is 0 Å². The molecule has 2 aliphatic heterocycles. The Hall–Kier alpha value is -2.71. The van der Waals surface area contributed by atoms with Crippen LogP contribution in [-0.4, -0.2) is 34.7 Å². The molecule has 2 aliphatic rings. The number of fused-ring (bicyclic) bond motifs is 4. The van der Waals surface area contributed by atoms with Gasteiger partial charge in [-0.3, -0.25) is 4.79 Å². The lowest BCUT2D eigenvalue weighted by Crippen LogP contribution is -2.54. The molecule has 0 saturated carbocycles. The first kappa shape index (κ1) is 18.3. The molecule has 5 rings (SSSR count). The van der Waals surface area contributed by atoms with Gasteiger partial charge in [0.1, 0.15) is 5.66 Å². The first-order valence-electron chi connectivity index (χ1n) is 9.23. The zero-order valence-electron chi connectivity index (χ0n) is 15.3. The van der Waals surface area contributed by atoms with E-state index in [9.17, 15) is 13.2 Å². The fourth-order valence-electron chi connectivity index (χ4n) is 4.11. The molecule has 0 amide bonds. The third-order valence-electron chi connectivity index (χ3n) is 5.36. The number of hydrogen-bond donors (Lipinski definition) is 1. The van der Waals surface area contributed by atoms with Gasteiger partial charge in [0.15, 0.2) is 21.4 Å². The van der Waals surface area contributed by atoms with Gasteiger partial charge in [-0.05, 0) is 31.0 Å². The minimum absolute atomic E-state index is 0.124. The van der Waals surface area contributed by atoms with Crippen LogP contribution in [0.25, 0.3) is 22.6 Å². The van der Waals surface area contributed by atoms with Gasteiger partial charge < -0.3 is 5.32 Å². The minimum atomic E-state index is -3.29. The molecular formula is C20H17ClN4O3S. The SMILES string of the molecule is O=c1nc2n(nc1-c1ccccc1)[C@@]1(CCCS(=O)(=O)C1)Nc1ccc(Cl)cc1-2. The average molecular weight is 429 g/mol. The van der Waals surface area contributed by atoms with E-state index in [1.165, 1.54) is 0 Å². The molecule has 3 aromatic rings. The van der Waals surface area contributed by atoms with Crippen molar-refractivity contribution >= 4 is 27.1 Å². The Morgan fingerprint density at radius 1 is 1.14 bits per heavy atom. The summed E-state index contributed by atoms with van der Waals surface area (Å²) in [4.78, 5) is 17.1. The van der Waals surface area contributed by atoms with Crippen LogP contribution in [-0.2, 0) is 15.5 Å². The van der Waals surface area contributed by atoms with Crippen LogP contribution in [0.5, 0.6) is 0 Å². The summed E-state index contributed by atoms with van der Waals surface area (Å²) >= 11 is 6.17. The summed E-state index contributed by atoms with van der Waals surface area (Å²) < 4.78 is 26.7. The summed E-state index contributed by atoms with van der Waals surface area (Å²) in [5.41, 5.74) is 0.652. The number of nitrogens with zero attached hydrogens (tertiary/aromatic N) is 3. The molecule has 1 spiro atoms. The maximum Gasteiger partial charge on any atom is 0.300 e. The van der Waals surface area contributed by atoms with Gasteiger partial charge in [-0.25, -0.2) is 13.1 Å². The van der Waals surface area contributed by atoms with Crippen molar-refractivity contribution in [3.05, 3.63) is 63.9 Å². The fraction of sp³-hybridized carbons (Fsp3) is 0.250. The Kier molecular flexibility index (Phi) is 4.04. The fourth-order valence-corrected chi connectivity index (χ4v) is 6.08. The molecule has 1 saturated heterocycles. The van der Waals surface area contributed by atoms with Gasteiger partial charge in [0, 0.05) is 21.8 Å². The van der Waals surface area contributed by atoms with E-state index in [4.69, 9.17) is 11.6 Å². The molecule has 3 heterocycles. The molecule has 0 radical (unpaired) electrons. The predicted octanol–water partition coefficient (Wildman–Crippen LogP) is 2.91. The van der Waals surface area contributed by atoms with Crippen molar-refractivity contribution in [1.29, 1.82) is 0 Å². The van der Waals surface area contributed by atoms with Gasteiger partial charge in [0.2, 0.25) is 0 Å². The maximum absolute atomic E-state index is 12.8. The van der Waals surface area contributed by atoms with Crippen molar-refractivity contribution in [2.45, 2.75) is 18.5 Å². The topological polar surface area (TPSA) is 93.9 Å². The Balaban J connectivity index is 1.81. The molecule has 9 heteroatoms. The second kappa shape index (κ2) is 6.40. The van der Waals surface area contributed by atoms with Crippen LogP contribution in [0.2, 0.25) is 5.02 Å². The first-order chi connectivity index (χ1) is 13.9. The second-order valence-corrected chi connectivity index (χ2v) is 10.0. The number of sulfone groups is 1. The molecule has 0 unspecified atom stereocenters. The van der Waals surface area contributed by atoms with E-state index in [-0.39, 0.29) is 17.2 Å². The van der Waals surface area contributed by atoms with Crippen LogP contribution in [0.15, 0.2) is 53.3 Å². The highest BCUT2D eigenvalue weighted by Crippen LogP contribution is 2.42. The molecule has 0 bridgehead atoms. The number of benzene rings is 2. The van der Waals surface area contributed by atoms with E-state index in [0.29, 0.717) is 40.5 Å². The summed E-state index contributed by atoms with van der Waals surface area (Å²) in [5.74, 6) is 0.335. The van der Waals surface area contributed by atoms with Crippen LogP contribution in [0.4, 0.5) is 5.69 Å². The van der Waals surface area contributed by atoms with Crippen LogP contribution in [0, 0.1) is 0 Å². The number of aromatic nitrogens is 3. The largest absolute Gasteiger partial charge is 0.360 e. The van der Waals surface area contributed by atoms with Crippen molar-refractivity contribution in [1.82, 2.24) is 14.8 Å². The Bertz CT molecular complexity index is 1290. The van der Waals surface area contributed by atoms with Gasteiger partial charge in [-0.2, -0.15) is 10.1 Å². The Morgan fingerprint density at radius 3 is 2.69 bits per heavy atom. The monoisotopic (exact) mass is 428 g/mol. The summed E-state index contributed by atoms with van der Waals surface area (Å²) in [7, 11) is -3.29. The van der Waals surface area contributed by atoms with E-state index in [0.717, 1.165) is 0 Å². The molecule has 1 atom stereocenters. The molecule has 1 aromatic heterocycles. The zero-order chi connectivity index (χ0) is 20.2. The summed E-state index contributed by atoms with van der Waals surface area (Å²) in [5, 5.41) is 8.49. The maximum atomic E-state index is 12.8. The van der Waals surface area contributed by atoms with E-state index in [2.05, 4.69) is 15.4 Å². The van der Waals surface area contributed by atoms with Crippen molar-refractivity contribution in [2.75, 3.05) is 16.8 Å². The molecule has 7 nitrogen and oxygen atoms in total. The van der Waals surface area contributed by atoms with Crippen molar-refractivity contribution in [3.63, 3.8) is 0 Å². The molecule has 2 aromatic carbocycles. The average Bonchev–Trinajstić information content (AvgIpc) is 2.68. The van der Waals surface area contributed by atoms with Gasteiger partial charge in [-0.1, -0.05) is 41.9 Å².